The minimum absolute atomic E-state index is 0.155. The van der Waals surface area contributed by atoms with Gasteiger partial charge in [-0.05, 0) is 38.1 Å². The van der Waals surface area contributed by atoms with Crippen LogP contribution in [0.2, 0.25) is 0 Å². The van der Waals surface area contributed by atoms with E-state index in [0.29, 0.717) is 0 Å². The summed E-state index contributed by atoms with van der Waals surface area (Å²) in [6.07, 6.45) is 3.28. The Morgan fingerprint density at radius 3 is 2.50 bits per heavy atom. The first-order chi connectivity index (χ1) is 11.5. The van der Waals surface area contributed by atoms with Crippen molar-refractivity contribution in [3.8, 4) is 11.5 Å². The Bertz CT molecular complexity index is 737. The molecular formula is C20H23NO3. The molecular weight excluding hydrogens is 302 g/mol. The van der Waals surface area contributed by atoms with Crippen LogP contribution in [-0.2, 0) is 4.79 Å². The molecule has 0 aliphatic heterocycles. The fourth-order valence-electron chi connectivity index (χ4n) is 2.51. The summed E-state index contributed by atoms with van der Waals surface area (Å²) >= 11 is 0. The lowest BCUT2D eigenvalue weighted by atomic mass is 10.1. The van der Waals surface area contributed by atoms with Gasteiger partial charge in [-0.25, -0.2) is 0 Å². The molecule has 2 aromatic rings. The second kappa shape index (κ2) is 8.20. The summed E-state index contributed by atoms with van der Waals surface area (Å²) in [5.41, 5.74) is 2.92. The van der Waals surface area contributed by atoms with Crippen LogP contribution in [0.1, 0.15) is 29.7 Å². The quantitative estimate of drug-likeness (QED) is 0.819. The maximum absolute atomic E-state index is 12.2. The highest BCUT2D eigenvalue weighted by Gasteiger charge is 2.12. The molecule has 0 saturated heterocycles. The number of benzene rings is 2. The number of amides is 1. The number of para-hydroxylation sites is 1. The van der Waals surface area contributed by atoms with Gasteiger partial charge in [0.2, 0.25) is 5.91 Å². The van der Waals surface area contributed by atoms with Crippen molar-refractivity contribution in [1.29, 1.82) is 0 Å². The number of methoxy groups -OCH3 is 2. The van der Waals surface area contributed by atoms with Gasteiger partial charge in [-0.2, -0.15) is 0 Å². The molecule has 1 N–H and O–H groups in total. The molecule has 1 amide bonds. The van der Waals surface area contributed by atoms with Crippen LogP contribution < -0.4 is 14.8 Å². The molecule has 2 rings (SSSR count). The third-order valence-electron chi connectivity index (χ3n) is 3.76. The molecule has 0 saturated carbocycles. The maximum atomic E-state index is 12.2. The van der Waals surface area contributed by atoms with Crippen LogP contribution in [0.4, 0.5) is 0 Å². The van der Waals surface area contributed by atoms with Crippen LogP contribution >= 0.6 is 0 Å². The van der Waals surface area contributed by atoms with Gasteiger partial charge in [-0.15, -0.1) is 0 Å². The van der Waals surface area contributed by atoms with Gasteiger partial charge in [0.25, 0.3) is 0 Å². The molecule has 1 unspecified atom stereocenters. The third-order valence-corrected chi connectivity index (χ3v) is 3.76. The Labute approximate surface area is 143 Å². The number of rotatable bonds is 6. The molecule has 4 nitrogen and oxygen atoms in total. The van der Waals surface area contributed by atoms with Gasteiger partial charge in [0.1, 0.15) is 11.5 Å². The first-order valence-electron chi connectivity index (χ1n) is 7.81. The highest BCUT2D eigenvalue weighted by atomic mass is 16.5. The average Bonchev–Trinajstić information content (AvgIpc) is 2.60. The van der Waals surface area contributed by atoms with Gasteiger partial charge in [0.15, 0.2) is 0 Å². The van der Waals surface area contributed by atoms with Gasteiger partial charge >= 0.3 is 0 Å². The van der Waals surface area contributed by atoms with E-state index in [1.807, 2.05) is 56.3 Å². The standard InChI is InChI=1S/C20H23NO3/c1-14-9-11-18(23-3)16(13-14)10-12-20(22)21-15(2)17-7-5-6-8-19(17)24-4/h5-13,15H,1-4H3,(H,21,22)/b12-10+. The number of carbonyl (C=O) groups excluding carboxylic acids is 1. The molecule has 0 aromatic heterocycles. The van der Waals surface area contributed by atoms with E-state index in [-0.39, 0.29) is 11.9 Å². The predicted molar refractivity (Wildman–Crippen MR) is 96.3 cm³/mol. The third kappa shape index (κ3) is 4.38. The molecule has 0 heterocycles. The van der Waals surface area contributed by atoms with Crippen molar-refractivity contribution in [2.75, 3.05) is 14.2 Å². The number of carbonyl (C=O) groups is 1. The molecule has 2 aromatic carbocycles. The Hall–Kier alpha value is -2.75. The molecule has 4 heteroatoms. The zero-order chi connectivity index (χ0) is 17.5. The largest absolute Gasteiger partial charge is 0.496 e. The topological polar surface area (TPSA) is 47.6 Å². The number of hydrogen-bond acceptors (Lipinski definition) is 3. The Balaban J connectivity index is 2.09. The second-order valence-corrected chi connectivity index (χ2v) is 5.55. The van der Waals surface area contributed by atoms with Gasteiger partial charge in [-0.1, -0.05) is 29.8 Å². The highest BCUT2D eigenvalue weighted by Crippen LogP contribution is 2.24. The first-order valence-corrected chi connectivity index (χ1v) is 7.81. The molecule has 24 heavy (non-hydrogen) atoms. The van der Waals surface area contributed by atoms with E-state index in [9.17, 15) is 4.79 Å². The fraction of sp³-hybridized carbons (Fsp3) is 0.250. The van der Waals surface area contributed by atoms with Crippen LogP contribution in [0.3, 0.4) is 0 Å². The van der Waals surface area contributed by atoms with Crippen LogP contribution in [0.5, 0.6) is 11.5 Å². The number of hydrogen-bond donors (Lipinski definition) is 1. The Morgan fingerprint density at radius 1 is 1.08 bits per heavy atom. The van der Waals surface area contributed by atoms with Crippen LogP contribution in [0.15, 0.2) is 48.5 Å². The van der Waals surface area contributed by atoms with Gasteiger partial charge in [0, 0.05) is 17.2 Å². The molecule has 126 valence electrons. The summed E-state index contributed by atoms with van der Waals surface area (Å²) in [6.45, 7) is 3.93. The summed E-state index contributed by atoms with van der Waals surface area (Å²) in [5, 5.41) is 2.95. The summed E-state index contributed by atoms with van der Waals surface area (Å²) in [6, 6.07) is 13.3. The summed E-state index contributed by atoms with van der Waals surface area (Å²) < 4.78 is 10.6. The van der Waals surface area contributed by atoms with Gasteiger partial charge in [0.05, 0.1) is 20.3 Å². The highest BCUT2D eigenvalue weighted by molar-refractivity contribution is 5.92. The zero-order valence-corrected chi connectivity index (χ0v) is 14.5. The Kier molecular flexibility index (Phi) is 6.01. The van der Waals surface area contributed by atoms with E-state index in [0.717, 1.165) is 28.2 Å². The van der Waals surface area contributed by atoms with Gasteiger partial charge < -0.3 is 14.8 Å². The molecule has 0 aliphatic carbocycles. The van der Waals surface area contributed by atoms with E-state index in [1.165, 1.54) is 6.08 Å². The smallest absolute Gasteiger partial charge is 0.244 e. The molecule has 0 aliphatic rings. The average molecular weight is 325 g/mol. The van der Waals surface area contributed by atoms with Gasteiger partial charge in [-0.3, -0.25) is 4.79 Å². The summed E-state index contributed by atoms with van der Waals surface area (Å²) in [5.74, 6) is 1.33. The van der Waals surface area contributed by atoms with Crippen molar-refractivity contribution >= 4 is 12.0 Å². The molecule has 0 fully saturated rings. The van der Waals surface area contributed by atoms with E-state index >= 15 is 0 Å². The summed E-state index contributed by atoms with van der Waals surface area (Å²) in [7, 11) is 3.24. The van der Waals surface area contributed by atoms with E-state index in [1.54, 1.807) is 20.3 Å². The normalized spacial score (nSPS) is 12.0. The number of aryl methyl sites for hydroxylation is 1. The minimum atomic E-state index is -0.169. The first kappa shape index (κ1) is 17.6. The van der Waals surface area contributed by atoms with Crippen LogP contribution in [0.25, 0.3) is 6.08 Å². The zero-order valence-electron chi connectivity index (χ0n) is 14.5. The lowest BCUT2D eigenvalue weighted by molar-refractivity contribution is -0.117. The fourth-order valence-corrected chi connectivity index (χ4v) is 2.51. The van der Waals surface area contributed by atoms with Crippen LogP contribution in [-0.4, -0.2) is 20.1 Å². The SMILES string of the molecule is COc1ccc(C)cc1/C=C/C(=O)NC(C)c1ccccc1OC. The minimum Gasteiger partial charge on any atom is -0.496 e. The van der Waals surface area contributed by atoms with Crippen molar-refractivity contribution in [2.24, 2.45) is 0 Å². The predicted octanol–water partition coefficient (Wildman–Crippen LogP) is 3.90. The van der Waals surface area contributed by atoms with Crippen molar-refractivity contribution in [1.82, 2.24) is 5.32 Å². The second-order valence-electron chi connectivity index (χ2n) is 5.55. The lowest BCUT2D eigenvalue weighted by Gasteiger charge is -2.16. The molecule has 0 spiro atoms. The van der Waals surface area contributed by atoms with Crippen molar-refractivity contribution in [3.63, 3.8) is 0 Å². The van der Waals surface area contributed by atoms with Crippen molar-refractivity contribution < 1.29 is 14.3 Å². The van der Waals surface area contributed by atoms with Crippen molar-refractivity contribution in [2.45, 2.75) is 19.9 Å². The van der Waals surface area contributed by atoms with Crippen LogP contribution in [0, 0.1) is 6.92 Å². The van der Waals surface area contributed by atoms with Crippen molar-refractivity contribution in [3.05, 3.63) is 65.2 Å². The van der Waals surface area contributed by atoms with E-state index in [2.05, 4.69) is 5.32 Å². The molecule has 0 bridgehead atoms. The maximum Gasteiger partial charge on any atom is 0.244 e. The number of nitrogens with one attached hydrogen (secondary N) is 1. The summed E-state index contributed by atoms with van der Waals surface area (Å²) in [4.78, 5) is 12.2. The number of ether oxygens (including phenoxy) is 2. The van der Waals surface area contributed by atoms with E-state index in [4.69, 9.17) is 9.47 Å². The monoisotopic (exact) mass is 325 g/mol. The molecule has 0 radical (unpaired) electrons. The lowest BCUT2D eigenvalue weighted by Crippen LogP contribution is -2.24. The molecule has 1 atom stereocenters. The Morgan fingerprint density at radius 2 is 1.79 bits per heavy atom. The van der Waals surface area contributed by atoms with E-state index < -0.39 is 0 Å².